The third-order valence-electron chi connectivity index (χ3n) is 4.60. The van der Waals surface area contributed by atoms with Gasteiger partial charge >= 0.3 is 0 Å². The van der Waals surface area contributed by atoms with E-state index in [-0.39, 0.29) is 5.82 Å². The van der Waals surface area contributed by atoms with Crippen LogP contribution in [0.2, 0.25) is 0 Å². The summed E-state index contributed by atoms with van der Waals surface area (Å²) in [5.41, 5.74) is 3.23. The van der Waals surface area contributed by atoms with Crippen LogP contribution in [-0.2, 0) is 6.54 Å². The molecule has 1 aliphatic rings. The van der Waals surface area contributed by atoms with Crippen LogP contribution in [-0.4, -0.2) is 27.9 Å². The maximum Gasteiger partial charge on any atom is 0.132 e. The van der Waals surface area contributed by atoms with Crippen LogP contribution in [0.5, 0.6) is 0 Å². The number of nitrogens with zero attached hydrogens (tertiary/aromatic N) is 2. The summed E-state index contributed by atoms with van der Waals surface area (Å²) in [6, 6.07) is 18.1. The van der Waals surface area contributed by atoms with E-state index in [1.54, 1.807) is 18.3 Å². The Bertz CT molecular complexity index is 837. The average molecular weight is 338 g/mol. The van der Waals surface area contributed by atoms with Crippen LogP contribution in [0.3, 0.4) is 0 Å². The lowest BCUT2D eigenvalue weighted by molar-refractivity contribution is 0.213. The molecule has 0 bridgehead atoms. The molecule has 0 amide bonds. The maximum absolute atomic E-state index is 14.0. The van der Waals surface area contributed by atoms with E-state index in [0.717, 1.165) is 35.7 Å². The molecule has 4 heteroatoms. The average Bonchev–Trinajstić information content (AvgIpc) is 2.65. The predicted octanol–water partition coefficient (Wildman–Crippen LogP) is 4.66. The second kappa shape index (κ2) is 6.91. The van der Waals surface area contributed by atoms with Gasteiger partial charge in [0.25, 0.3) is 0 Å². The van der Waals surface area contributed by atoms with Crippen LogP contribution in [0.25, 0.3) is 10.9 Å². The number of thioether (sulfide) groups is 1. The van der Waals surface area contributed by atoms with Gasteiger partial charge in [-0.05, 0) is 29.3 Å². The Hall–Kier alpha value is -1.91. The van der Waals surface area contributed by atoms with Crippen molar-refractivity contribution in [1.82, 2.24) is 9.88 Å². The third-order valence-corrected chi connectivity index (χ3v) is 5.62. The number of aromatic nitrogens is 1. The topological polar surface area (TPSA) is 16.1 Å². The quantitative estimate of drug-likeness (QED) is 0.691. The largest absolute Gasteiger partial charge is 0.290 e. The fraction of sp³-hybridized carbons (Fsp3) is 0.250. The molecule has 0 spiro atoms. The van der Waals surface area contributed by atoms with Gasteiger partial charge in [-0.25, -0.2) is 4.39 Å². The standard InChI is InChI=1S/C20H19FN2S/c21-18-9-8-16(20-17(18)7-4-10-22-20)13-23-11-12-24-14-19(23)15-5-2-1-3-6-15/h1-10,19H,11-14H2. The molecule has 1 atom stereocenters. The number of hydrogen-bond acceptors (Lipinski definition) is 3. The van der Waals surface area contributed by atoms with Crippen molar-refractivity contribution >= 4 is 22.7 Å². The summed E-state index contributed by atoms with van der Waals surface area (Å²) in [5, 5.41) is 0.609. The van der Waals surface area contributed by atoms with E-state index < -0.39 is 0 Å². The Morgan fingerprint density at radius 1 is 1.08 bits per heavy atom. The zero-order valence-corrected chi connectivity index (χ0v) is 14.2. The zero-order chi connectivity index (χ0) is 16.4. The highest BCUT2D eigenvalue weighted by atomic mass is 32.2. The van der Waals surface area contributed by atoms with Gasteiger partial charge in [-0.2, -0.15) is 11.8 Å². The fourth-order valence-corrected chi connectivity index (χ4v) is 4.51. The SMILES string of the molecule is Fc1ccc(CN2CCSCC2c2ccccc2)c2ncccc12. The lowest BCUT2D eigenvalue weighted by Crippen LogP contribution is -2.35. The molecule has 4 rings (SSSR count). The minimum absolute atomic E-state index is 0.198. The molecule has 2 nitrogen and oxygen atoms in total. The van der Waals surface area contributed by atoms with Crippen molar-refractivity contribution in [1.29, 1.82) is 0 Å². The minimum atomic E-state index is -0.198. The Morgan fingerprint density at radius 2 is 1.96 bits per heavy atom. The molecule has 122 valence electrons. The highest BCUT2D eigenvalue weighted by Crippen LogP contribution is 2.32. The van der Waals surface area contributed by atoms with Crippen molar-refractivity contribution in [3.05, 3.63) is 77.7 Å². The van der Waals surface area contributed by atoms with Crippen molar-refractivity contribution in [3.8, 4) is 0 Å². The van der Waals surface area contributed by atoms with Crippen LogP contribution in [0.4, 0.5) is 4.39 Å². The van der Waals surface area contributed by atoms with E-state index in [0.29, 0.717) is 11.4 Å². The van der Waals surface area contributed by atoms with Gasteiger partial charge in [0.2, 0.25) is 0 Å². The molecular weight excluding hydrogens is 319 g/mol. The normalized spacial score (nSPS) is 18.8. The monoisotopic (exact) mass is 338 g/mol. The van der Waals surface area contributed by atoms with Gasteiger partial charge < -0.3 is 0 Å². The minimum Gasteiger partial charge on any atom is -0.290 e. The molecule has 1 aliphatic heterocycles. The molecular formula is C20H19FN2S. The lowest BCUT2D eigenvalue weighted by atomic mass is 10.0. The number of fused-ring (bicyclic) bond motifs is 1. The molecule has 2 heterocycles. The van der Waals surface area contributed by atoms with Gasteiger partial charge in [0, 0.05) is 42.2 Å². The number of halogens is 1. The summed E-state index contributed by atoms with van der Waals surface area (Å²) in [5.74, 6) is 2.03. The number of pyridine rings is 1. The molecule has 1 saturated heterocycles. The summed E-state index contributed by atoms with van der Waals surface area (Å²) < 4.78 is 14.0. The first-order valence-electron chi connectivity index (χ1n) is 8.22. The summed E-state index contributed by atoms with van der Waals surface area (Å²) in [4.78, 5) is 6.93. The van der Waals surface area contributed by atoms with E-state index in [1.165, 1.54) is 5.56 Å². The lowest BCUT2D eigenvalue weighted by Gasteiger charge is -2.36. The Labute approximate surface area is 145 Å². The molecule has 2 aromatic carbocycles. The highest BCUT2D eigenvalue weighted by molar-refractivity contribution is 7.99. The van der Waals surface area contributed by atoms with E-state index in [1.807, 2.05) is 23.9 Å². The van der Waals surface area contributed by atoms with Crippen molar-refractivity contribution < 1.29 is 4.39 Å². The fourth-order valence-electron chi connectivity index (χ4n) is 3.35. The van der Waals surface area contributed by atoms with Gasteiger partial charge in [0.1, 0.15) is 5.82 Å². The first-order valence-corrected chi connectivity index (χ1v) is 9.37. The Balaban J connectivity index is 1.67. The first kappa shape index (κ1) is 15.6. The second-order valence-electron chi connectivity index (χ2n) is 6.08. The van der Waals surface area contributed by atoms with E-state index in [4.69, 9.17) is 0 Å². The van der Waals surface area contributed by atoms with Crippen molar-refractivity contribution in [2.45, 2.75) is 12.6 Å². The number of benzene rings is 2. The molecule has 24 heavy (non-hydrogen) atoms. The molecule has 1 unspecified atom stereocenters. The highest BCUT2D eigenvalue weighted by Gasteiger charge is 2.25. The van der Waals surface area contributed by atoms with Gasteiger partial charge in [-0.3, -0.25) is 9.88 Å². The number of rotatable bonds is 3. The van der Waals surface area contributed by atoms with Crippen LogP contribution < -0.4 is 0 Å². The molecule has 1 fully saturated rings. The van der Waals surface area contributed by atoms with Crippen molar-refractivity contribution in [2.75, 3.05) is 18.1 Å². The van der Waals surface area contributed by atoms with Gasteiger partial charge in [0.15, 0.2) is 0 Å². The molecule has 0 radical (unpaired) electrons. The van der Waals surface area contributed by atoms with Crippen LogP contribution in [0.15, 0.2) is 60.8 Å². The Morgan fingerprint density at radius 3 is 2.83 bits per heavy atom. The van der Waals surface area contributed by atoms with E-state index >= 15 is 0 Å². The predicted molar refractivity (Wildman–Crippen MR) is 98.6 cm³/mol. The number of hydrogen-bond donors (Lipinski definition) is 0. The smallest absolute Gasteiger partial charge is 0.132 e. The second-order valence-corrected chi connectivity index (χ2v) is 7.23. The molecule has 1 aromatic heterocycles. The van der Waals surface area contributed by atoms with E-state index in [2.05, 4.69) is 40.2 Å². The summed E-state index contributed by atoms with van der Waals surface area (Å²) in [7, 11) is 0. The summed E-state index contributed by atoms with van der Waals surface area (Å²) in [6.45, 7) is 1.84. The van der Waals surface area contributed by atoms with Crippen LogP contribution in [0.1, 0.15) is 17.2 Å². The third kappa shape index (κ3) is 3.04. The van der Waals surface area contributed by atoms with Crippen molar-refractivity contribution in [3.63, 3.8) is 0 Å². The molecule has 0 N–H and O–H groups in total. The summed E-state index contributed by atoms with van der Waals surface area (Å²) >= 11 is 2.00. The Kier molecular flexibility index (Phi) is 4.50. The molecule has 0 saturated carbocycles. The zero-order valence-electron chi connectivity index (χ0n) is 13.4. The first-order chi connectivity index (χ1) is 11.8. The molecule has 3 aromatic rings. The van der Waals surface area contributed by atoms with Gasteiger partial charge in [0.05, 0.1) is 5.52 Å². The van der Waals surface area contributed by atoms with Crippen LogP contribution >= 0.6 is 11.8 Å². The van der Waals surface area contributed by atoms with E-state index in [9.17, 15) is 4.39 Å². The van der Waals surface area contributed by atoms with Crippen LogP contribution in [0, 0.1) is 5.82 Å². The molecule has 0 aliphatic carbocycles. The maximum atomic E-state index is 14.0. The van der Waals surface area contributed by atoms with Gasteiger partial charge in [-0.1, -0.05) is 36.4 Å². The summed E-state index contributed by atoms with van der Waals surface area (Å²) in [6.07, 6.45) is 1.74. The van der Waals surface area contributed by atoms with Crippen molar-refractivity contribution in [2.24, 2.45) is 0 Å². The van der Waals surface area contributed by atoms with Gasteiger partial charge in [-0.15, -0.1) is 0 Å².